The van der Waals surface area contributed by atoms with Gasteiger partial charge in [-0.25, -0.2) is 4.68 Å². The van der Waals surface area contributed by atoms with E-state index in [1.165, 1.54) is 16.4 Å². The minimum atomic E-state index is -0.436. The van der Waals surface area contributed by atoms with Gasteiger partial charge in [0.2, 0.25) is 11.1 Å². The Hall–Kier alpha value is -2.71. The molecule has 7 nitrogen and oxygen atoms in total. The van der Waals surface area contributed by atoms with Crippen LogP contribution in [-0.2, 0) is 4.79 Å². The van der Waals surface area contributed by atoms with Crippen molar-refractivity contribution in [1.82, 2.24) is 14.9 Å². The second-order valence-electron chi connectivity index (χ2n) is 6.11. The fourth-order valence-electron chi connectivity index (χ4n) is 2.47. The van der Waals surface area contributed by atoms with Crippen molar-refractivity contribution in [3.05, 3.63) is 53.1 Å². The molecule has 146 valence electrons. The van der Waals surface area contributed by atoms with Gasteiger partial charge in [0, 0.05) is 16.3 Å². The molecule has 0 radical (unpaired) electrons. The molecule has 3 aromatic rings. The summed E-state index contributed by atoms with van der Waals surface area (Å²) in [5.41, 5.74) is 2.41. The van der Waals surface area contributed by atoms with Crippen LogP contribution in [0.1, 0.15) is 12.5 Å². The van der Waals surface area contributed by atoms with Crippen molar-refractivity contribution in [1.29, 1.82) is 0 Å². The summed E-state index contributed by atoms with van der Waals surface area (Å²) in [5, 5.41) is 11.7. The summed E-state index contributed by atoms with van der Waals surface area (Å²) in [6.45, 7) is 3.68. The molecule has 1 amide bonds. The van der Waals surface area contributed by atoms with E-state index in [1.54, 1.807) is 26.2 Å². The van der Waals surface area contributed by atoms with Crippen LogP contribution >= 0.6 is 23.4 Å². The third kappa shape index (κ3) is 4.40. The van der Waals surface area contributed by atoms with Crippen molar-refractivity contribution >= 4 is 35.0 Å². The predicted molar refractivity (Wildman–Crippen MR) is 112 cm³/mol. The number of hydrogen-bond donors (Lipinski definition) is 2. The first kappa shape index (κ1) is 20.0. The molecule has 0 bridgehead atoms. The van der Waals surface area contributed by atoms with Crippen LogP contribution in [0.3, 0.4) is 0 Å². The number of aryl methyl sites for hydroxylation is 1. The summed E-state index contributed by atoms with van der Waals surface area (Å²) < 4.78 is 6.53. The Morgan fingerprint density at radius 3 is 2.64 bits per heavy atom. The van der Waals surface area contributed by atoms with Crippen LogP contribution in [0.15, 0.2) is 47.6 Å². The fraction of sp³-hybridized carbons (Fsp3) is 0.211. The second kappa shape index (κ2) is 8.53. The Kier molecular flexibility index (Phi) is 6.11. The number of rotatable bonds is 6. The monoisotopic (exact) mass is 417 g/mol. The average Bonchev–Trinajstić information content (AvgIpc) is 3.05. The number of carbonyl (C=O) groups excluding carboxylic acids is 1. The molecule has 0 aliphatic heterocycles. The van der Waals surface area contributed by atoms with Crippen LogP contribution in [0.4, 0.5) is 5.69 Å². The van der Waals surface area contributed by atoms with Crippen LogP contribution in [0.2, 0.25) is 5.02 Å². The lowest BCUT2D eigenvalue weighted by Crippen LogP contribution is -2.24. The standard InChI is InChI=1S/C19H20ClN5O2S/c1-11-4-7-14(20)10-16(11)22-18(26)12(2)28-19-24-23-17(25(19)21)13-5-8-15(27-3)9-6-13/h4-10,12H,21H2,1-3H3,(H,22,26)/t12-/m0/s1. The van der Waals surface area contributed by atoms with Gasteiger partial charge in [0.05, 0.1) is 12.4 Å². The zero-order valence-corrected chi connectivity index (χ0v) is 17.2. The Bertz CT molecular complexity index is 990. The number of anilines is 1. The van der Waals surface area contributed by atoms with Crippen molar-refractivity contribution < 1.29 is 9.53 Å². The van der Waals surface area contributed by atoms with Crippen molar-refractivity contribution in [3.8, 4) is 17.1 Å². The third-order valence-corrected chi connectivity index (χ3v) is 5.41. The normalized spacial score (nSPS) is 11.9. The lowest BCUT2D eigenvalue weighted by atomic mass is 10.2. The molecule has 9 heteroatoms. The highest BCUT2D eigenvalue weighted by Crippen LogP contribution is 2.27. The minimum Gasteiger partial charge on any atom is -0.497 e. The number of nitrogens with zero attached hydrogens (tertiary/aromatic N) is 3. The van der Waals surface area contributed by atoms with Gasteiger partial charge in [-0.05, 0) is 55.8 Å². The number of aromatic nitrogens is 3. The number of ether oxygens (including phenoxy) is 1. The number of hydrogen-bond acceptors (Lipinski definition) is 6. The highest BCUT2D eigenvalue weighted by molar-refractivity contribution is 8.00. The molecule has 0 saturated carbocycles. The second-order valence-corrected chi connectivity index (χ2v) is 7.86. The predicted octanol–water partition coefficient (Wildman–Crippen LogP) is 3.75. The van der Waals surface area contributed by atoms with Crippen molar-refractivity contribution in [2.24, 2.45) is 0 Å². The van der Waals surface area contributed by atoms with E-state index in [2.05, 4.69) is 15.5 Å². The molecule has 1 atom stereocenters. The van der Waals surface area contributed by atoms with Gasteiger partial charge in [-0.2, -0.15) is 0 Å². The number of amides is 1. The minimum absolute atomic E-state index is 0.177. The van der Waals surface area contributed by atoms with Crippen molar-refractivity contribution in [2.45, 2.75) is 24.3 Å². The number of nitrogen functional groups attached to an aromatic ring is 1. The van der Waals surface area contributed by atoms with Crippen molar-refractivity contribution in [2.75, 3.05) is 18.3 Å². The van der Waals surface area contributed by atoms with E-state index in [0.29, 0.717) is 21.7 Å². The molecule has 1 heterocycles. The lowest BCUT2D eigenvalue weighted by Gasteiger charge is -2.13. The number of halogens is 1. The van der Waals surface area contributed by atoms with Gasteiger partial charge < -0.3 is 15.9 Å². The smallest absolute Gasteiger partial charge is 0.237 e. The largest absolute Gasteiger partial charge is 0.497 e. The molecular formula is C19H20ClN5O2S. The molecule has 0 aliphatic rings. The number of nitrogens with two attached hydrogens (primary N) is 1. The SMILES string of the molecule is COc1ccc(-c2nnc(S[C@@H](C)C(=O)Nc3cc(Cl)ccc3C)n2N)cc1. The topological polar surface area (TPSA) is 95.1 Å². The molecule has 0 fully saturated rings. The lowest BCUT2D eigenvalue weighted by molar-refractivity contribution is -0.115. The Labute approximate surface area is 172 Å². The molecule has 0 saturated heterocycles. The molecule has 3 rings (SSSR count). The van der Waals surface area contributed by atoms with Gasteiger partial charge >= 0.3 is 0 Å². The van der Waals surface area contributed by atoms with E-state index < -0.39 is 5.25 Å². The molecular weight excluding hydrogens is 398 g/mol. The zero-order valence-electron chi connectivity index (χ0n) is 15.6. The number of thioether (sulfide) groups is 1. The van der Waals surface area contributed by atoms with Gasteiger partial charge in [0.1, 0.15) is 5.75 Å². The maximum atomic E-state index is 12.6. The highest BCUT2D eigenvalue weighted by Gasteiger charge is 2.20. The number of nitrogens with one attached hydrogen (secondary N) is 1. The summed E-state index contributed by atoms with van der Waals surface area (Å²) in [7, 11) is 1.60. The average molecular weight is 418 g/mol. The zero-order chi connectivity index (χ0) is 20.3. The van der Waals surface area contributed by atoms with Gasteiger partial charge in [0.25, 0.3) is 0 Å². The first-order valence-corrected chi connectivity index (χ1v) is 9.73. The molecule has 0 spiro atoms. The van der Waals surface area contributed by atoms with Crippen molar-refractivity contribution in [3.63, 3.8) is 0 Å². The number of methoxy groups -OCH3 is 1. The van der Waals surface area contributed by atoms with Crippen LogP contribution in [-0.4, -0.2) is 33.1 Å². The van der Waals surface area contributed by atoms with E-state index in [1.807, 2.05) is 37.3 Å². The highest BCUT2D eigenvalue weighted by atomic mass is 35.5. The van der Waals surface area contributed by atoms with Crippen LogP contribution in [0, 0.1) is 6.92 Å². The quantitative estimate of drug-likeness (QED) is 0.468. The summed E-state index contributed by atoms with van der Waals surface area (Å²) in [6.07, 6.45) is 0. The van der Waals surface area contributed by atoms with Gasteiger partial charge in [-0.1, -0.05) is 29.4 Å². The summed E-state index contributed by atoms with van der Waals surface area (Å²) >= 11 is 7.23. The Balaban J connectivity index is 1.71. The summed E-state index contributed by atoms with van der Waals surface area (Å²) in [4.78, 5) is 12.6. The Morgan fingerprint density at radius 2 is 1.96 bits per heavy atom. The maximum absolute atomic E-state index is 12.6. The molecule has 28 heavy (non-hydrogen) atoms. The van der Waals surface area contributed by atoms with Crippen LogP contribution in [0.5, 0.6) is 5.75 Å². The van der Waals surface area contributed by atoms with E-state index in [4.69, 9.17) is 22.2 Å². The van der Waals surface area contributed by atoms with E-state index in [0.717, 1.165) is 16.9 Å². The Morgan fingerprint density at radius 1 is 1.25 bits per heavy atom. The first-order valence-electron chi connectivity index (χ1n) is 8.47. The van der Waals surface area contributed by atoms with Crippen LogP contribution < -0.4 is 15.9 Å². The number of carbonyl (C=O) groups is 1. The molecule has 2 aromatic carbocycles. The fourth-order valence-corrected chi connectivity index (χ4v) is 3.41. The summed E-state index contributed by atoms with van der Waals surface area (Å²) in [5.74, 6) is 7.21. The van der Waals surface area contributed by atoms with Gasteiger partial charge in [-0.3, -0.25) is 4.79 Å². The van der Waals surface area contributed by atoms with E-state index >= 15 is 0 Å². The van der Waals surface area contributed by atoms with Crippen LogP contribution in [0.25, 0.3) is 11.4 Å². The summed E-state index contributed by atoms with van der Waals surface area (Å²) in [6, 6.07) is 12.7. The first-order chi connectivity index (χ1) is 13.4. The molecule has 0 aliphatic carbocycles. The third-order valence-electron chi connectivity index (χ3n) is 4.12. The molecule has 1 aromatic heterocycles. The maximum Gasteiger partial charge on any atom is 0.237 e. The molecule has 3 N–H and O–H groups in total. The van der Waals surface area contributed by atoms with Gasteiger partial charge in [0.15, 0.2) is 5.82 Å². The van der Waals surface area contributed by atoms with Gasteiger partial charge in [-0.15, -0.1) is 10.2 Å². The molecule has 0 unspecified atom stereocenters. The van der Waals surface area contributed by atoms with E-state index in [-0.39, 0.29) is 5.91 Å². The van der Waals surface area contributed by atoms with E-state index in [9.17, 15) is 4.79 Å². The number of benzene rings is 2.